The monoisotopic (exact) mass is 710 g/mol. The molecule has 1 heterocycles. The molecule has 0 bridgehead atoms. The summed E-state index contributed by atoms with van der Waals surface area (Å²) < 4.78 is 6.65. The highest BCUT2D eigenvalue weighted by atomic mass is 16.3. The molecule has 1 aromatic heterocycles. The van der Waals surface area contributed by atoms with Gasteiger partial charge in [0.05, 0.1) is 5.41 Å². The number of hydrogen-bond acceptors (Lipinski definition) is 1. The smallest absolute Gasteiger partial charge is 0.143 e. The van der Waals surface area contributed by atoms with Crippen LogP contribution in [0, 0.1) is 0 Å². The Bertz CT molecular complexity index is 3310. The average molecular weight is 711 g/mol. The molecule has 12 rings (SSSR count). The number of rotatable bonds is 4. The molecule has 10 aromatic carbocycles. The van der Waals surface area contributed by atoms with E-state index < -0.39 is 5.41 Å². The van der Waals surface area contributed by atoms with E-state index in [1.54, 1.807) is 0 Å². The van der Waals surface area contributed by atoms with E-state index in [4.69, 9.17) is 4.42 Å². The van der Waals surface area contributed by atoms with E-state index in [9.17, 15) is 0 Å². The molecule has 0 unspecified atom stereocenters. The van der Waals surface area contributed by atoms with Crippen LogP contribution in [-0.2, 0) is 5.41 Å². The van der Waals surface area contributed by atoms with Crippen molar-refractivity contribution >= 4 is 54.3 Å². The zero-order valence-electron chi connectivity index (χ0n) is 30.5. The van der Waals surface area contributed by atoms with Crippen molar-refractivity contribution in [1.82, 2.24) is 0 Å². The van der Waals surface area contributed by atoms with Crippen LogP contribution in [0.4, 0.5) is 0 Å². The SMILES string of the molecule is c1ccc(C2(c3ccccc3)c3ccccc3-c3c2cc2cc(-c4cccc5oc6c7ccccc7ccc6c45)ccc2c3-c2ccc3ccccc3c2)cc1. The Morgan fingerprint density at radius 2 is 0.964 bits per heavy atom. The second-order valence-electron chi connectivity index (χ2n) is 15.1. The molecule has 0 N–H and O–H groups in total. The van der Waals surface area contributed by atoms with E-state index in [1.807, 2.05) is 0 Å². The van der Waals surface area contributed by atoms with Crippen molar-refractivity contribution < 1.29 is 4.42 Å². The molecule has 0 amide bonds. The summed E-state index contributed by atoms with van der Waals surface area (Å²) in [6.07, 6.45) is 0. The van der Waals surface area contributed by atoms with Crippen LogP contribution in [0.1, 0.15) is 22.3 Å². The fourth-order valence-corrected chi connectivity index (χ4v) is 9.93. The van der Waals surface area contributed by atoms with Crippen LogP contribution in [0.25, 0.3) is 87.6 Å². The van der Waals surface area contributed by atoms with Gasteiger partial charge in [0.1, 0.15) is 11.2 Å². The lowest BCUT2D eigenvalue weighted by atomic mass is 9.67. The third kappa shape index (κ3) is 4.31. The molecule has 11 aromatic rings. The van der Waals surface area contributed by atoms with Gasteiger partial charge in [-0.1, -0.05) is 176 Å². The molecule has 1 nitrogen and oxygen atoms in total. The van der Waals surface area contributed by atoms with Crippen molar-refractivity contribution in [3.05, 3.63) is 229 Å². The van der Waals surface area contributed by atoms with Gasteiger partial charge in [0.15, 0.2) is 0 Å². The van der Waals surface area contributed by atoms with Crippen molar-refractivity contribution in [2.45, 2.75) is 5.41 Å². The van der Waals surface area contributed by atoms with Gasteiger partial charge in [0.2, 0.25) is 0 Å². The Kier molecular flexibility index (Phi) is 6.62. The normalized spacial score (nSPS) is 13.1. The number of furan rings is 1. The first-order chi connectivity index (χ1) is 27.8. The maximum absolute atomic E-state index is 6.65. The molecule has 0 aliphatic heterocycles. The van der Waals surface area contributed by atoms with Crippen LogP contribution in [0.5, 0.6) is 0 Å². The highest BCUT2D eigenvalue weighted by Crippen LogP contribution is 2.60. The second-order valence-corrected chi connectivity index (χ2v) is 15.1. The molecule has 0 atom stereocenters. The summed E-state index contributed by atoms with van der Waals surface area (Å²) in [5, 5.41) is 9.55. The Hall–Kier alpha value is -7.22. The first kappa shape index (κ1) is 31.2. The highest BCUT2D eigenvalue weighted by Gasteiger charge is 2.47. The third-order valence-corrected chi connectivity index (χ3v) is 12.3. The molecule has 0 fully saturated rings. The first-order valence-corrected chi connectivity index (χ1v) is 19.4. The number of fused-ring (bicyclic) bond motifs is 10. The van der Waals surface area contributed by atoms with E-state index in [-0.39, 0.29) is 0 Å². The average Bonchev–Trinajstić information content (AvgIpc) is 3.80. The summed E-state index contributed by atoms with van der Waals surface area (Å²) in [7, 11) is 0. The third-order valence-electron chi connectivity index (χ3n) is 12.3. The van der Waals surface area contributed by atoms with E-state index in [0.717, 1.165) is 27.3 Å². The Labute approximate surface area is 324 Å². The lowest BCUT2D eigenvalue weighted by Crippen LogP contribution is -2.28. The minimum atomic E-state index is -0.522. The van der Waals surface area contributed by atoms with E-state index in [1.165, 1.54) is 82.6 Å². The molecule has 260 valence electrons. The Morgan fingerprint density at radius 1 is 0.339 bits per heavy atom. The van der Waals surface area contributed by atoms with E-state index in [2.05, 4.69) is 206 Å². The maximum Gasteiger partial charge on any atom is 0.143 e. The fourth-order valence-electron chi connectivity index (χ4n) is 9.93. The van der Waals surface area contributed by atoms with Crippen LogP contribution < -0.4 is 0 Å². The van der Waals surface area contributed by atoms with Crippen molar-refractivity contribution in [2.75, 3.05) is 0 Å². The minimum absolute atomic E-state index is 0.522. The summed E-state index contributed by atoms with van der Waals surface area (Å²) >= 11 is 0. The molecule has 0 radical (unpaired) electrons. The minimum Gasteiger partial charge on any atom is -0.455 e. The van der Waals surface area contributed by atoms with Crippen molar-refractivity contribution in [3.8, 4) is 33.4 Å². The fraction of sp³-hybridized carbons (Fsp3) is 0.0182. The molecule has 0 saturated carbocycles. The lowest BCUT2D eigenvalue weighted by molar-refractivity contribution is 0.673. The molecule has 1 heteroatoms. The molecule has 56 heavy (non-hydrogen) atoms. The summed E-state index contributed by atoms with van der Waals surface area (Å²) in [5.74, 6) is 0. The van der Waals surface area contributed by atoms with Gasteiger partial charge in [0.25, 0.3) is 0 Å². The van der Waals surface area contributed by atoms with Crippen LogP contribution >= 0.6 is 0 Å². The summed E-state index contributed by atoms with van der Waals surface area (Å²) in [4.78, 5) is 0. The first-order valence-electron chi connectivity index (χ1n) is 19.4. The van der Waals surface area contributed by atoms with Crippen molar-refractivity contribution in [2.24, 2.45) is 0 Å². The van der Waals surface area contributed by atoms with Crippen molar-refractivity contribution in [3.63, 3.8) is 0 Å². The second kappa shape index (κ2) is 11.9. The molecule has 0 saturated heterocycles. The van der Waals surface area contributed by atoms with Gasteiger partial charge in [0, 0.05) is 16.2 Å². The van der Waals surface area contributed by atoms with Crippen LogP contribution in [0.3, 0.4) is 0 Å². The van der Waals surface area contributed by atoms with Gasteiger partial charge < -0.3 is 4.42 Å². The van der Waals surface area contributed by atoms with Gasteiger partial charge in [-0.2, -0.15) is 0 Å². The van der Waals surface area contributed by atoms with E-state index >= 15 is 0 Å². The summed E-state index contributed by atoms with van der Waals surface area (Å²) in [5.41, 5.74) is 13.9. The van der Waals surface area contributed by atoms with E-state index in [0.29, 0.717) is 0 Å². The standard InChI is InChI=1S/C55H34O/c1-3-17-41(18-4-1)55(42-19-5-2-6-20-42)48-24-12-11-22-46(48)53-49(55)34-40-33-38(29-30-44(40)51(53)39-27-26-35-14-7-8-16-37(35)32-39)43-23-13-25-50-52(43)47-31-28-36-15-9-10-21-45(36)54(47)56-50/h1-34H. The Balaban J connectivity index is 1.21. The molecule has 0 spiro atoms. The zero-order valence-corrected chi connectivity index (χ0v) is 30.5. The molecule has 1 aliphatic rings. The molecule has 1 aliphatic carbocycles. The van der Waals surface area contributed by atoms with Crippen LogP contribution in [-0.4, -0.2) is 0 Å². The zero-order chi connectivity index (χ0) is 36.8. The van der Waals surface area contributed by atoms with Crippen LogP contribution in [0.2, 0.25) is 0 Å². The van der Waals surface area contributed by atoms with Gasteiger partial charge in [-0.25, -0.2) is 0 Å². The van der Waals surface area contributed by atoms with Gasteiger partial charge in [-0.15, -0.1) is 0 Å². The van der Waals surface area contributed by atoms with Crippen molar-refractivity contribution in [1.29, 1.82) is 0 Å². The van der Waals surface area contributed by atoms with Crippen LogP contribution in [0.15, 0.2) is 211 Å². The van der Waals surface area contributed by atoms with Gasteiger partial charge in [-0.3, -0.25) is 0 Å². The Morgan fingerprint density at radius 3 is 1.79 bits per heavy atom. The summed E-state index contributed by atoms with van der Waals surface area (Å²) in [6.45, 7) is 0. The lowest BCUT2D eigenvalue weighted by Gasteiger charge is -2.34. The predicted molar refractivity (Wildman–Crippen MR) is 234 cm³/mol. The highest BCUT2D eigenvalue weighted by molar-refractivity contribution is 6.20. The van der Waals surface area contributed by atoms with Gasteiger partial charge in [-0.05, 0) is 113 Å². The quantitative estimate of drug-likeness (QED) is 0.177. The predicted octanol–water partition coefficient (Wildman–Crippen LogP) is 14.7. The topological polar surface area (TPSA) is 13.1 Å². The molecular formula is C55H34O. The molecular weight excluding hydrogens is 677 g/mol. The van der Waals surface area contributed by atoms with Gasteiger partial charge >= 0.3 is 0 Å². The number of hydrogen-bond donors (Lipinski definition) is 0. The maximum atomic E-state index is 6.65. The largest absolute Gasteiger partial charge is 0.455 e. The summed E-state index contributed by atoms with van der Waals surface area (Å²) in [6, 6.07) is 76.0. The number of benzene rings is 10.